The maximum Gasteiger partial charge on any atom is 0.204 e. The van der Waals surface area contributed by atoms with E-state index in [4.69, 9.17) is 9.47 Å². The second-order valence-electron chi connectivity index (χ2n) is 8.77. The average molecular weight is 467 g/mol. The Morgan fingerprint density at radius 3 is 2.57 bits per heavy atom. The number of nitrogens with zero attached hydrogens (tertiary/aromatic N) is 4. The van der Waals surface area contributed by atoms with Crippen LogP contribution in [0.15, 0.2) is 66.7 Å². The summed E-state index contributed by atoms with van der Waals surface area (Å²) in [5.74, 6) is 2.17. The smallest absolute Gasteiger partial charge is 0.204 e. The highest BCUT2D eigenvalue weighted by atomic mass is 16.5. The van der Waals surface area contributed by atoms with E-state index in [1.54, 1.807) is 14.2 Å². The van der Waals surface area contributed by atoms with Crippen molar-refractivity contribution in [2.45, 2.75) is 19.0 Å². The van der Waals surface area contributed by atoms with Gasteiger partial charge in [0.05, 0.1) is 20.3 Å². The number of methoxy groups -OCH3 is 2. The molecule has 176 valence electrons. The average Bonchev–Trinajstić information content (AvgIpc) is 3.57. The molecule has 0 saturated heterocycles. The van der Waals surface area contributed by atoms with Gasteiger partial charge in [0.25, 0.3) is 0 Å². The van der Waals surface area contributed by atoms with Crippen molar-refractivity contribution in [1.29, 1.82) is 0 Å². The number of aromatic amines is 2. The van der Waals surface area contributed by atoms with Crippen molar-refractivity contribution in [3.05, 3.63) is 89.1 Å². The van der Waals surface area contributed by atoms with Crippen molar-refractivity contribution in [3.8, 4) is 22.9 Å². The molecule has 35 heavy (non-hydrogen) atoms. The van der Waals surface area contributed by atoms with Crippen molar-refractivity contribution >= 4 is 10.9 Å². The number of fused-ring (bicyclic) bond motifs is 3. The van der Waals surface area contributed by atoms with E-state index in [-0.39, 0.29) is 6.04 Å². The lowest BCUT2D eigenvalue weighted by molar-refractivity contribution is 0.201. The Labute approximate surface area is 202 Å². The highest BCUT2D eigenvalue weighted by Gasteiger charge is 2.32. The van der Waals surface area contributed by atoms with Gasteiger partial charge in [-0.3, -0.25) is 4.90 Å². The first-order chi connectivity index (χ1) is 17.2. The van der Waals surface area contributed by atoms with E-state index < -0.39 is 0 Å². The van der Waals surface area contributed by atoms with Gasteiger partial charge in [-0.25, -0.2) is 0 Å². The molecule has 0 spiro atoms. The fourth-order valence-corrected chi connectivity index (χ4v) is 5.16. The normalized spacial score (nSPS) is 15.8. The Hall–Kier alpha value is -4.17. The topological polar surface area (TPSA) is 92.0 Å². The fraction of sp³-hybridized carbons (Fsp3) is 0.222. The van der Waals surface area contributed by atoms with Gasteiger partial charge in [-0.2, -0.15) is 5.21 Å². The molecule has 0 fully saturated rings. The molecule has 0 aliphatic carbocycles. The maximum atomic E-state index is 5.52. The number of ether oxygens (including phenoxy) is 2. The highest BCUT2D eigenvalue weighted by molar-refractivity contribution is 5.85. The fourth-order valence-electron chi connectivity index (χ4n) is 5.16. The zero-order valence-electron chi connectivity index (χ0n) is 19.7. The summed E-state index contributed by atoms with van der Waals surface area (Å²) < 4.78 is 11.0. The molecule has 0 saturated carbocycles. The number of hydrogen-bond acceptors (Lipinski definition) is 6. The zero-order valence-corrected chi connectivity index (χ0v) is 19.7. The number of H-pyrrole nitrogens is 2. The monoisotopic (exact) mass is 466 g/mol. The van der Waals surface area contributed by atoms with Crippen molar-refractivity contribution in [2.75, 3.05) is 20.8 Å². The zero-order chi connectivity index (χ0) is 23.8. The number of benzene rings is 3. The Kier molecular flexibility index (Phi) is 5.42. The Morgan fingerprint density at radius 2 is 1.80 bits per heavy atom. The summed E-state index contributed by atoms with van der Waals surface area (Å²) in [7, 11) is 3.37. The van der Waals surface area contributed by atoms with Crippen LogP contribution in [-0.2, 0) is 13.0 Å². The van der Waals surface area contributed by atoms with Crippen LogP contribution < -0.4 is 9.47 Å². The van der Waals surface area contributed by atoms with E-state index in [0.29, 0.717) is 5.82 Å². The van der Waals surface area contributed by atoms with Gasteiger partial charge in [-0.15, -0.1) is 10.2 Å². The summed E-state index contributed by atoms with van der Waals surface area (Å²) in [6.07, 6.45) is 0.974. The number of aromatic nitrogens is 5. The lowest BCUT2D eigenvalue weighted by Crippen LogP contribution is -2.35. The lowest BCUT2D eigenvalue weighted by atomic mass is 9.91. The first-order valence-corrected chi connectivity index (χ1v) is 11.6. The Bertz CT molecular complexity index is 1450. The van der Waals surface area contributed by atoms with Gasteiger partial charge in [-0.1, -0.05) is 36.4 Å². The number of hydrogen-bond donors (Lipinski definition) is 2. The molecule has 1 aliphatic heterocycles. The molecular formula is C27H26N6O2. The van der Waals surface area contributed by atoms with E-state index >= 15 is 0 Å². The van der Waals surface area contributed by atoms with Crippen LogP contribution in [0, 0.1) is 0 Å². The van der Waals surface area contributed by atoms with Crippen LogP contribution in [-0.4, -0.2) is 51.3 Å². The van der Waals surface area contributed by atoms with Gasteiger partial charge in [0.2, 0.25) is 5.82 Å². The van der Waals surface area contributed by atoms with Gasteiger partial charge < -0.3 is 14.5 Å². The molecule has 3 aromatic carbocycles. The van der Waals surface area contributed by atoms with Gasteiger partial charge in [-0.05, 0) is 52.6 Å². The Balaban J connectivity index is 1.46. The van der Waals surface area contributed by atoms with Crippen LogP contribution in [0.25, 0.3) is 22.3 Å². The minimum atomic E-state index is 0.0372. The van der Waals surface area contributed by atoms with Gasteiger partial charge >= 0.3 is 0 Å². The summed E-state index contributed by atoms with van der Waals surface area (Å²) in [5, 5.41) is 15.9. The predicted octanol–water partition coefficient (Wildman–Crippen LogP) is 4.51. The van der Waals surface area contributed by atoms with Gasteiger partial charge in [0.1, 0.15) is 11.5 Å². The lowest BCUT2D eigenvalue weighted by Gasteiger charge is -2.36. The minimum Gasteiger partial charge on any atom is -0.497 e. The molecule has 1 aliphatic rings. The highest BCUT2D eigenvalue weighted by Crippen LogP contribution is 2.40. The van der Waals surface area contributed by atoms with E-state index in [1.165, 1.54) is 27.7 Å². The standard InChI is InChI=1S/C27H26N6O2/c1-34-20-12-17(13-21(15-20)35-2)16-33-11-10-23-22-8-3-4-9-24(22)28-25(23)26(33)18-6-5-7-19(14-18)27-29-31-32-30-27/h3-9,12-15,26,28H,10-11,16H2,1-2H3,(H,29,30,31,32). The molecule has 1 atom stereocenters. The number of para-hydroxylation sites is 1. The molecule has 0 bridgehead atoms. The van der Waals surface area contributed by atoms with E-state index in [1.807, 2.05) is 12.1 Å². The maximum absolute atomic E-state index is 5.52. The number of nitrogens with one attached hydrogen (secondary N) is 2. The SMILES string of the molecule is COc1cc(CN2CCc3c([nH]c4ccccc34)C2c2cccc(-c3nn[nH]n3)c2)cc(OC)c1. The number of rotatable bonds is 6. The predicted molar refractivity (Wildman–Crippen MR) is 133 cm³/mol. The van der Waals surface area contributed by atoms with Crippen LogP contribution in [0.4, 0.5) is 0 Å². The quantitative estimate of drug-likeness (QED) is 0.383. The molecule has 2 N–H and O–H groups in total. The van der Waals surface area contributed by atoms with Gasteiger partial charge in [0.15, 0.2) is 0 Å². The van der Waals surface area contributed by atoms with Crippen LogP contribution >= 0.6 is 0 Å². The third-order valence-electron chi connectivity index (χ3n) is 6.74. The molecule has 3 heterocycles. The van der Waals surface area contributed by atoms with Crippen LogP contribution in [0.1, 0.15) is 28.4 Å². The summed E-state index contributed by atoms with van der Waals surface area (Å²) in [6, 6.07) is 23.1. The molecule has 6 rings (SSSR count). The summed E-state index contributed by atoms with van der Waals surface area (Å²) in [4.78, 5) is 6.24. The first kappa shape index (κ1) is 21.4. The second-order valence-corrected chi connectivity index (χ2v) is 8.77. The molecule has 2 aromatic heterocycles. The van der Waals surface area contributed by atoms with E-state index in [0.717, 1.165) is 42.1 Å². The third kappa shape index (κ3) is 3.91. The van der Waals surface area contributed by atoms with Crippen LogP contribution in [0.2, 0.25) is 0 Å². The van der Waals surface area contributed by atoms with E-state index in [9.17, 15) is 0 Å². The molecule has 8 nitrogen and oxygen atoms in total. The van der Waals surface area contributed by atoms with Crippen molar-refractivity contribution in [2.24, 2.45) is 0 Å². The summed E-state index contributed by atoms with van der Waals surface area (Å²) in [6.45, 7) is 1.67. The Morgan fingerprint density at radius 1 is 0.971 bits per heavy atom. The second kappa shape index (κ2) is 8.88. The van der Waals surface area contributed by atoms with Crippen molar-refractivity contribution in [1.82, 2.24) is 30.5 Å². The summed E-state index contributed by atoms with van der Waals surface area (Å²) >= 11 is 0. The van der Waals surface area contributed by atoms with Crippen LogP contribution in [0.5, 0.6) is 11.5 Å². The minimum absolute atomic E-state index is 0.0372. The molecule has 8 heteroatoms. The molecule has 5 aromatic rings. The summed E-state index contributed by atoms with van der Waals surface area (Å²) in [5.41, 5.74) is 7.03. The molecule has 0 radical (unpaired) electrons. The third-order valence-corrected chi connectivity index (χ3v) is 6.74. The van der Waals surface area contributed by atoms with Gasteiger partial charge in [0, 0.05) is 41.3 Å². The van der Waals surface area contributed by atoms with Crippen LogP contribution in [0.3, 0.4) is 0 Å². The van der Waals surface area contributed by atoms with Crippen molar-refractivity contribution < 1.29 is 9.47 Å². The van der Waals surface area contributed by atoms with Crippen molar-refractivity contribution in [3.63, 3.8) is 0 Å². The largest absolute Gasteiger partial charge is 0.497 e. The van der Waals surface area contributed by atoms with E-state index in [2.05, 4.69) is 85.1 Å². The number of tetrazole rings is 1. The molecular weight excluding hydrogens is 440 g/mol. The molecule has 0 amide bonds. The molecule has 1 unspecified atom stereocenters. The first-order valence-electron chi connectivity index (χ1n) is 11.6.